The SMILES string of the molecule is CC1(C)C=C2C(=C(O)C[C@@H](c3cccs3)C2(C#N)C#N)C(=O)C1. The van der Waals surface area contributed by atoms with Crippen LogP contribution in [0, 0.1) is 33.5 Å². The number of rotatable bonds is 1. The molecule has 2 aliphatic rings. The summed E-state index contributed by atoms with van der Waals surface area (Å²) < 4.78 is 0. The molecule has 5 heteroatoms. The van der Waals surface area contributed by atoms with E-state index in [0.717, 1.165) is 4.88 Å². The fourth-order valence-electron chi connectivity index (χ4n) is 3.53. The summed E-state index contributed by atoms with van der Waals surface area (Å²) in [5.74, 6) is -0.657. The van der Waals surface area contributed by atoms with Gasteiger partial charge in [0.1, 0.15) is 5.76 Å². The van der Waals surface area contributed by atoms with Gasteiger partial charge in [-0.05, 0) is 22.4 Å². The topological polar surface area (TPSA) is 84.9 Å². The molecule has 1 aromatic rings. The fraction of sp³-hybridized carbons (Fsp3) is 0.389. The number of nitriles is 2. The predicted octanol–water partition coefficient (Wildman–Crippen LogP) is 4.01. The van der Waals surface area contributed by atoms with Crippen molar-refractivity contribution >= 4 is 17.1 Å². The highest BCUT2D eigenvalue weighted by Crippen LogP contribution is 2.55. The number of hydrogen-bond acceptors (Lipinski definition) is 5. The lowest BCUT2D eigenvalue weighted by Crippen LogP contribution is -2.39. The minimum absolute atomic E-state index is 0.00345. The van der Waals surface area contributed by atoms with Gasteiger partial charge in [-0.1, -0.05) is 26.0 Å². The molecule has 116 valence electrons. The van der Waals surface area contributed by atoms with Crippen molar-refractivity contribution in [2.75, 3.05) is 0 Å². The second-order valence-electron chi connectivity index (χ2n) is 6.77. The van der Waals surface area contributed by atoms with Crippen LogP contribution >= 0.6 is 11.3 Å². The van der Waals surface area contributed by atoms with E-state index in [1.165, 1.54) is 11.3 Å². The van der Waals surface area contributed by atoms with Crippen LogP contribution in [0.1, 0.15) is 37.5 Å². The Morgan fingerprint density at radius 1 is 1.35 bits per heavy atom. The lowest BCUT2D eigenvalue weighted by Gasteiger charge is -2.40. The smallest absolute Gasteiger partial charge is 0.177 e. The molecule has 0 unspecified atom stereocenters. The van der Waals surface area contributed by atoms with Gasteiger partial charge in [-0.15, -0.1) is 11.3 Å². The highest BCUT2D eigenvalue weighted by Gasteiger charge is 2.53. The summed E-state index contributed by atoms with van der Waals surface area (Å²) in [6.45, 7) is 3.81. The van der Waals surface area contributed by atoms with Crippen molar-refractivity contribution in [3.05, 3.63) is 45.4 Å². The van der Waals surface area contributed by atoms with E-state index < -0.39 is 16.7 Å². The fourth-order valence-corrected chi connectivity index (χ4v) is 4.43. The Bertz CT molecular complexity index is 802. The lowest BCUT2D eigenvalue weighted by molar-refractivity contribution is -0.117. The van der Waals surface area contributed by atoms with Gasteiger partial charge in [0.2, 0.25) is 0 Å². The molecule has 1 aromatic heterocycles. The maximum atomic E-state index is 12.5. The quantitative estimate of drug-likeness (QED) is 0.846. The molecule has 2 aliphatic carbocycles. The van der Waals surface area contributed by atoms with Gasteiger partial charge in [0, 0.05) is 23.6 Å². The van der Waals surface area contributed by atoms with E-state index in [0.29, 0.717) is 5.57 Å². The normalized spacial score (nSPS) is 25.1. The Morgan fingerprint density at radius 3 is 2.61 bits per heavy atom. The van der Waals surface area contributed by atoms with Gasteiger partial charge in [0.15, 0.2) is 11.2 Å². The molecule has 0 fully saturated rings. The van der Waals surface area contributed by atoms with Crippen molar-refractivity contribution in [3.63, 3.8) is 0 Å². The standard InChI is InChI=1S/C18H16N2O2S/c1-17(2)7-12-16(14(22)8-17)13(21)6-11(15-4-3-5-23-15)18(12,9-19)10-20/h3-5,7,11,21H,6,8H2,1-2H3/t11-/m0/s1. The summed E-state index contributed by atoms with van der Waals surface area (Å²) >= 11 is 1.46. The molecule has 4 nitrogen and oxygen atoms in total. The van der Waals surface area contributed by atoms with E-state index in [1.54, 1.807) is 0 Å². The number of thiophene rings is 1. The van der Waals surface area contributed by atoms with Crippen molar-refractivity contribution < 1.29 is 9.90 Å². The summed E-state index contributed by atoms with van der Waals surface area (Å²) in [6, 6.07) is 8.06. The van der Waals surface area contributed by atoms with E-state index in [4.69, 9.17) is 0 Å². The minimum Gasteiger partial charge on any atom is -0.512 e. The Labute approximate surface area is 139 Å². The van der Waals surface area contributed by atoms with Crippen molar-refractivity contribution in [3.8, 4) is 12.1 Å². The summed E-state index contributed by atoms with van der Waals surface area (Å²) in [4.78, 5) is 13.4. The van der Waals surface area contributed by atoms with Crippen molar-refractivity contribution in [1.29, 1.82) is 10.5 Å². The molecule has 3 rings (SSSR count). The van der Waals surface area contributed by atoms with Crippen molar-refractivity contribution in [2.24, 2.45) is 10.8 Å². The number of nitrogens with zero attached hydrogens (tertiary/aromatic N) is 2. The largest absolute Gasteiger partial charge is 0.512 e. The molecule has 0 radical (unpaired) electrons. The average Bonchev–Trinajstić information content (AvgIpc) is 2.99. The molecule has 0 saturated heterocycles. The number of ketones is 1. The number of hydrogen-bond donors (Lipinski definition) is 1. The number of carbonyl (C=O) groups excluding carboxylic acids is 1. The number of aliphatic hydroxyl groups is 1. The van der Waals surface area contributed by atoms with Crippen molar-refractivity contribution in [1.82, 2.24) is 0 Å². The molecule has 0 aromatic carbocycles. The molecule has 0 saturated carbocycles. The Hall–Kier alpha value is -2.37. The molecular weight excluding hydrogens is 308 g/mol. The molecule has 0 spiro atoms. The number of allylic oxidation sites excluding steroid dienone is 4. The monoisotopic (exact) mass is 324 g/mol. The summed E-state index contributed by atoms with van der Waals surface area (Å²) in [6.07, 6.45) is 2.24. The zero-order chi connectivity index (χ0) is 16.8. The number of Topliss-reactive ketones (excluding diaryl/α,β-unsaturated/α-hetero) is 1. The second kappa shape index (κ2) is 5.08. The first-order valence-electron chi connectivity index (χ1n) is 7.39. The molecule has 0 aliphatic heterocycles. The number of carbonyl (C=O) groups is 1. The van der Waals surface area contributed by atoms with Gasteiger partial charge in [-0.25, -0.2) is 0 Å². The first-order valence-corrected chi connectivity index (χ1v) is 8.27. The molecule has 0 bridgehead atoms. The van der Waals surface area contributed by atoms with Crippen LogP contribution in [0.4, 0.5) is 0 Å². The molecule has 1 heterocycles. The highest BCUT2D eigenvalue weighted by molar-refractivity contribution is 7.10. The van der Waals surface area contributed by atoms with Crippen LogP contribution in [0.25, 0.3) is 0 Å². The maximum absolute atomic E-state index is 12.5. The van der Waals surface area contributed by atoms with Gasteiger partial charge in [-0.3, -0.25) is 4.79 Å². The van der Waals surface area contributed by atoms with E-state index in [-0.39, 0.29) is 30.0 Å². The third-order valence-electron chi connectivity index (χ3n) is 4.57. The van der Waals surface area contributed by atoms with Crippen LogP contribution in [0.15, 0.2) is 40.5 Å². The second-order valence-corrected chi connectivity index (χ2v) is 7.75. The van der Waals surface area contributed by atoms with Gasteiger partial charge in [-0.2, -0.15) is 10.5 Å². The molecule has 1 atom stereocenters. The van der Waals surface area contributed by atoms with Crippen LogP contribution in [0.5, 0.6) is 0 Å². The van der Waals surface area contributed by atoms with Gasteiger partial charge >= 0.3 is 0 Å². The van der Waals surface area contributed by atoms with E-state index in [9.17, 15) is 20.4 Å². The molecule has 0 amide bonds. The van der Waals surface area contributed by atoms with E-state index in [1.807, 2.05) is 37.4 Å². The zero-order valence-electron chi connectivity index (χ0n) is 13.0. The van der Waals surface area contributed by atoms with Crippen LogP contribution in [-0.2, 0) is 4.79 Å². The summed E-state index contributed by atoms with van der Waals surface area (Å²) in [5, 5.41) is 32.1. The average molecular weight is 324 g/mol. The molecule has 23 heavy (non-hydrogen) atoms. The van der Waals surface area contributed by atoms with Crippen molar-refractivity contribution in [2.45, 2.75) is 32.6 Å². The lowest BCUT2D eigenvalue weighted by atomic mass is 9.59. The van der Waals surface area contributed by atoms with Crippen LogP contribution in [-0.4, -0.2) is 10.9 Å². The molecular formula is C18H16N2O2S. The van der Waals surface area contributed by atoms with Crippen LogP contribution in [0.2, 0.25) is 0 Å². The maximum Gasteiger partial charge on any atom is 0.177 e. The first-order chi connectivity index (χ1) is 10.8. The van der Waals surface area contributed by atoms with Gasteiger partial charge in [0.05, 0.1) is 17.7 Å². The Balaban J connectivity index is 2.31. The van der Waals surface area contributed by atoms with E-state index in [2.05, 4.69) is 12.1 Å². The van der Waals surface area contributed by atoms with Gasteiger partial charge < -0.3 is 5.11 Å². The summed E-state index contributed by atoms with van der Waals surface area (Å²) in [5.41, 5.74) is -1.32. The number of aliphatic hydroxyl groups excluding tert-OH is 1. The first kappa shape index (κ1) is 15.5. The third-order valence-corrected chi connectivity index (χ3v) is 5.56. The number of fused-ring (bicyclic) bond motifs is 1. The van der Waals surface area contributed by atoms with Gasteiger partial charge in [0.25, 0.3) is 0 Å². The Morgan fingerprint density at radius 2 is 2.04 bits per heavy atom. The van der Waals surface area contributed by atoms with Crippen LogP contribution < -0.4 is 0 Å². The Kier molecular flexibility index (Phi) is 3.43. The minimum atomic E-state index is -1.44. The molecule has 1 N–H and O–H groups in total. The predicted molar refractivity (Wildman–Crippen MR) is 86.5 cm³/mol. The highest BCUT2D eigenvalue weighted by atomic mass is 32.1. The third kappa shape index (κ3) is 2.20. The summed E-state index contributed by atoms with van der Waals surface area (Å²) in [7, 11) is 0. The van der Waals surface area contributed by atoms with E-state index >= 15 is 0 Å². The zero-order valence-corrected chi connectivity index (χ0v) is 13.8. The van der Waals surface area contributed by atoms with Crippen LogP contribution in [0.3, 0.4) is 0 Å².